The maximum atomic E-state index is 11.5. The summed E-state index contributed by atoms with van der Waals surface area (Å²) in [5, 5.41) is 0. The van der Waals surface area contributed by atoms with Crippen molar-refractivity contribution >= 4 is 5.82 Å². The SMILES string of the molecule is CC[NH+]1CCN(c2cc(=O)n(C)c(=O)[nH]2)CC1. The Kier molecular flexibility index (Phi) is 3.33. The molecule has 1 aliphatic heterocycles. The number of piperazine rings is 1. The molecular formula is C11H19N4O2+. The second kappa shape index (κ2) is 4.75. The van der Waals surface area contributed by atoms with Crippen LogP contribution in [0.4, 0.5) is 5.82 Å². The molecule has 0 unspecified atom stereocenters. The van der Waals surface area contributed by atoms with Crippen LogP contribution in [0.5, 0.6) is 0 Å². The van der Waals surface area contributed by atoms with Crippen molar-refractivity contribution in [3.05, 3.63) is 26.9 Å². The van der Waals surface area contributed by atoms with Crippen LogP contribution in [0.1, 0.15) is 6.92 Å². The number of quaternary nitrogens is 1. The summed E-state index contributed by atoms with van der Waals surface area (Å²) in [6.07, 6.45) is 0. The molecule has 1 aromatic heterocycles. The first-order valence-corrected chi connectivity index (χ1v) is 6.00. The molecule has 0 aliphatic carbocycles. The van der Waals surface area contributed by atoms with Crippen LogP contribution >= 0.6 is 0 Å². The van der Waals surface area contributed by atoms with E-state index in [1.54, 1.807) is 4.90 Å². The number of H-pyrrole nitrogens is 1. The first kappa shape index (κ1) is 11.9. The summed E-state index contributed by atoms with van der Waals surface area (Å²) in [7, 11) is 1.48. The Morgan fingerprint density at radius 1 is 1.35 bits per heavy atom. The first-order valence-electron chi connectivity index (χ1n) is 6.00. The zero-order valence-corrected chi connectivity index (χ0v) is 10.3. The third-order valence-corrected chi connectivity index (χ3v) is 3.44. The Labute approximate surface area is 99.5 Å². The van der Waals surface area contributed by atoms with Crippen LogP contribution in [-0.4, -0.2) is 42.3 Å². The van der Waals surface area contributed by atoms with Crippen LogP contribution in [0, 0.1) is 0 Å². The Balaban J connectivity index is 2.19. The molecule has 1 aliphatic rings. The summed E-state index contributed by atoms with van der Waals surface area (Å²) >= 11 is 0. The highest BCUT2D eigenvalue weighted by Gasteiger charge is 2.19. The number of nitrogens with zero attached hydrogens (tertiary/aromatic N) is 2. The molecule has 0 bridgehead atoms. The van der Waals surface area contributed by atoms with E-state index in [9.17, 15) is 9.59 Å². The van der Waals surface area contributed by atoms with Crippen molar-refractivity contribution in [1.82, 2.24) is 9.55 Å². The molecular weight excluding hydrogens is 220 g/mol. The van der Waals surface area contributed by atoms with Gasteiger partial charge < -0.3 is 9.80 Å². The average molecular weight is 239 g/mol. The fourth-order valence-corrected chi connectivity index (χ4v) is 2.13. The van der Waals surface area contributed by atoms with E-state index in [2.05, 4.69) is 16.8 Å². The number of aromatic nitrogens is 2. The largest absolute Gasteiger partial charge is 0.347 e. The topological polar surface area (TPSA) is 62.5 Å². The van der Waals surface area contributed by atoms with E-state index < -0.39 is 0 Å². The number of aromatic amines is 1. The smallest absolute Gasteiger partial charge is 0.329 e. The Bertz CT molecular complexity index is 466. The molecule has 0 amide bonds. The number of hydrogen-bond donors (Lipinski definition) is 2. The molecule has 0 saturated carbocycles. The van der Waals surface area contributed by atoms with Gasteiger partial charge in [-0.15, -0.1) is 0 Å². The monoisotopic (exact) mass is 239 g/mol. The Morgan fingerprint density at radius 3 is 2.53 bits per heavy atom. The maximum Gasteiger partial charge on any atom is 0.329 e. The summed E-state index contributed by atoms with van der Waals surface area (Å²) in [5.41, 5.74) is -0.605. The minimum atomic E-state index is -0.349. The molecule has 2 rings (SSSR count). The zero-order chi connectivity index (χ0) is 12.4. The summed E-state index contributed by atoms with van der Waals surface area (Å²) in [6.45, 7) is 7.16. The van der Waals surface area contributed by atoms with Crippen LogP contribution in [0.2, 0.25) is 0 Å². The highest BCUT2D eigenvalue weighted by atomic mass is 16.2. The second-order valence-electron chi connectivity index (χ2n) is 4.45. The summed E-state index contributed by atoms with van der Waals surface area (Å²) in [6, 6.07) is 1.50. The predicted molar refractivity (Wildman–Crippen MR) is 65.8 cm³/mol. The van der Waals surface area contributed by atoms with E-state index in [0.717, 1.165) is 37.3 Å². The Morgan fingerprint density at radius 2 is 2.00 bits per heavy atom. The molecule has 1 aromatic rings. The van der Waals surface area contributed by atoms with Gasteiger partial charge in [0.25, 0.3) is 5.56 Å². The zero-order valence-electron chi connectivity index (χ0n) is 10.3. The number of rotatable bonds is 2. The first-order chi connectivity index (χ1) is 8.11. The minimum absolute atomic E-state index is 0.256. The average Bonchev–Trinajstić information content (AvgIpc) is 2.35. The number of likely N-dealkylation sites (N-methyl/N-ethyl adjacent to an activating group) is 1. The van der Waals surface area contributed by atoms with Gasteiger partial charge in [-0.25, -0.2) is 4.79 Å². The van der Waals surface area contributed by atoms with E-state index in [4.69, 9.17) is 0 Å². The molecule has 94 valence electrons. The van der Waals surface area contributed by atoms with Crippen LogP contribution in [0.15, 0.2) is 15.7 Å². The van der Waals surface area contributed by atoms with Crippen molar-refractivity contribution < 1.29 is 4.90 Å². The van der Waals surface area contributed by atoms with Crippen LogP contribution in [0.25, 0.3) is 0 Å². The van der Waals surface area contributed by atoms with Gasteiger partial charge >= 0.3 is 5.69 Å². The minimum Gasteiger partial charge on any atom is -0.347 e. The van der Waals surface area contributed by atoms with Gasteiger partial charge in [-0.2, -0.15) is 0 Å². The van der Waals surface area contributed by atoms with Gasteiger partial charge in [-0.3, -0.25) is 14.3 Å². The lowest BCUT2D eigenvalue weighted by Gasteiger charge is -2.32. The van der Waals surface area contributed by atoms with Crippen LogP contribution < -0.4 is 21.0 Å². The van der Waals surface area contributed by atoms with Crippen molar-refractivity contribution in [3.8, 4) is 0 Å². The lowest BCUT2D eigenvalue weighted by Crippen LogP contribution is -3.14. The van der Waals surface area contributed by atoms with Crippen molar-refractivity contribution in [1.29, 1.82) is 0 Å². The fraction of sp³-hybridized carbons (Fsp3) is 0.636. The van der Waals surface area contributed by atoms with Crippen molar-refractivity contribution in [2.75, 3.05) is 37.6 Å². The van der Waals surface area contributed by atoms with Gasteiger partial charge in [-0.05, 0) is 6.92 Å². The molecule has 0 radical (unpaired) electrons. The van der Waals surface area contributed by atoms with Gasteiger partial charge in [0.15, 0.2) is 0 Å². The summed E-state index contributed by atoms with van der Waals surface area (Å²) < 4.78 is 1.08. The number of hydrogen-bond acceptors (Lipinski definition) is 3. The highest BCUT2D eigenvalue weighted by Crippen LogP contribution is 2.04. The highest BCUT2D eigenvalue weighted by molar-refractivity contribution is 5.36. The third-order valence-electron chi connectivity index (χ3n) is 3.44. The Hall–Kier alpha value is -1.56. The van der Waals surface area contributed by atoms with Gasteiger partial charge in [0.2, 0.25) is 0 Å². The molecule has 0 spiro atoms. The summed E-state index contributed by atoms with van der Waals surface area (Å²) in [5.74, 6) is 0.647. The molecule has 17 heavy (non-hydrogen) atoms. The normalized spacial score (nSPS) is 17.4. The van der Waals surface area contributed by atoms with Gasteiger partial charge in [0.05, 0.1) is 32.7 Å². The quantitative estimate of drug-likeness (QED) is 0.615. The lowest BCUT2D eigenvalue weighted by molar-refractivity contribution is -0.898. The molecule has 1 saturated heterocycles. The van der Waals surface area contributed by atoms with E-state index in [0.29, 0.717) is 5.82 Å². The van der Waals surface area contributed by atoms with Crippen LogP contribution in [0.3, 0.4) is 0 Å². The predicted octanol–water partition coefficient (Wildman–Crippen LogP) is -2.20. The summed E-state index contributed by atoms with van der Waals surface area (Å²) in [4.78, 5) is 29.4. The second-order valence-corrected chi connectivity index (χ2v) is 4.45. The molecule has 2 N–H and O–H groups in total. The molecule has 1 fully saturated rings. The molecule has 6 heteroatoms. The molecule has 0 aromatic carbocycles. The molecule has 6 nitrogen and oxygen atoms in total. The number of nitrogens with one attached hydrogen (secondary N) is 2. The number of anilines is 1. The van der Waals surface area contributed by atoms with Crippen LogP contribution in [-0.2, 0) is 7.05 Å². The van der Waals surface area contributed by atoms with E-state index >= 15 is 0 Å². The maximum absolute atomic E-state index is 11.5. The van der Waals surface area contributed by atoms with Crippen molar-refractivity contribution in [2.24, 2.45) is 7.05 Å². The van der Waals surface area contributed by atoms with E-state index in [-0.39, 0.29) is 11.2 Å². The standard InChI is InChI=1S/C11H18N4O2/c1-3-14-4-6-15(7-5-14)9-8-10(16)13(2)11(17)12-9/h8H,3-7H2,1-2H3,(H,12,17)/p+1. The van der Waals surface area contributed by atoms with E-state index in [1.807, 2.05) is 0 Å². The molecule has 0 atom stereocenters. The van der Waals surface area contributed by atoms with Gasteiger partial charge in [0, 0.05) is 13.1 Å². The van der Waals surface area contributed by atoms with Gasteiger partial charge in [-0.1, -0.05) is 0 Å². The lowest BCUT2D eigenvalue weighted by atomic mass is 10.3. The van der Waals surface area contributed by atoms with E-state index in [1.165, 1.54) is 13.1 Å². The molecule has 2 heterocycles. The van der Waals surface area contributed by atoms with Crippen molar-refractivity contribution in [2.45, 2.75) is 6.92 Å². The fourth-order valence-electron chi connectivity index (χ4n) is 2.13. The van der Waals surface area contributed by atoms with Gasteiger partial charge in [0.1, 0.15) is 5.82 Å². The van der Waals surface area contributed by atoms with Crippen molar-refractivity contribution in [3.63, 3.8) is 0 Å². The third kappa shape index (κ3) is 2.41.